The maximum absolute atomic E-state index is 13.6. The molecule has 2 aliphatic carbocycles. The van der Waals surface area contributed by atoms with E-state index in [0.29, 0.717) is 24.2 Å². The van der Waals surface area contributed by atoms with Crippen LogP contribution in [0.2, 0.25) is 0 Å². The van der Waals surface area contributed by atoms with Crippen LogP contribution in [0.1, 0.15) is 40.0 Å². The van der Waals surface area contributed by atoms with Crippen molar-refractivity contribution < 1.29 is 4.39 Å². The van der Waals surface area contributed by atoms with Gasteiger partial charge in [0.05, 0.1) is 5.83 Å². The number of allylic oxidation sites excluding steroid dienone is 5. The van der Waals surface area contributed by atoms with Crippen LogP contribution in [0.4, 0.5) is 4.39 Å². The fourth-order valence-corrected chi connectivity index (χ4v) is 4.13. The summed E-state index contributed by atoms with van der Waals surface area (Å²) in [4.78, 5) is 0. The molecule has 2 heteroatoms. The molecule has 1 saturated carbocycles. The highest BCUT2D eigenvalue weighted by Gasteiger charge is 2.51. The Morgan fingerprint density at radius 1 is 1.61 bits per heavy atom. The topological polar surface area (TPSA) is 0 Å². The van der Waals surface area contributed by atoms with Crippen LogP contribution < -0.4 is 0 Å². The largest absolute Gasteiger partial charge is 0.212 e. The molecule has 0 amide bonds. The smallest absolute Gasteiger partial charge is 0.0963 e. The first-order valence-corrected chi connectivity index (χ1v) is 7.81. The molecule has 1 fully saturated rings. The average molecular weight is 360 g/mol. The summed E-state index contributed by atoms with van der Waals surface area (Å²) in [6.07, 6.45) is 6.65. The van der Waals surface area contributed by atoms with Crippen molar-refractivity contribution in [1.82, 2.24) is 0 Å². The Morgan fingerprint density at radius 2 is 2.28 bits per heavy atom. The van der Waals surface area contributed by atoms with Crippen LogP contribution in [0, 0.1) is 23.2 Å². The molecule has 18 heavy (non-hydrogen) atoms. The molecule has 0 nitrogen and oxygen atoms in total. The fraction of sp³-hybridized carbons (Fsp3) is 0.625. The van der Waals surface area contributed by atoms with E-state index in [-0.39, 0.29) is 11.2 Å². The Hall–Kier alpha value is -0.120. The van der Waals surface area contributed by atoms with Crippen molar-refractivity contribution in [2.24, 2.45) is 23.2 Å². The van der Waals surface area contributed by atoms with E-state index in [1.807, 2.05) is 6.08 Å². The molecule has 0 spiro atoms. The minimum absolute atomic E-state index is 0.0819. The van der Waals surface area contributed by atoms with E-state index in [1.165, 1.54) is 9.15 Å². The zero-order chi connectivity index (χ0) is 13.5. The summed E-state index contributed by atoms with van der Waals surface area (Å²) in [5.41, 5.74) is 1.48. The van der Waals surface area contributed by atoms with Crippen molar-refractivity contribution in [3.63, 3.8) is 0 Å². The Morgan fingerprint density at radius 3 is 2.89 bits per heavy atom. The van der Waals surface area contributed by atoms with Gasteiger partial charge in [-0.05, 0) is 81.6 Å². The van der Waals surface area contributed by atoms with Gasteiger partial charge in [0.25, 0.3) is 0 Å². The minimum Gasteiger partial charge on any atom is -0.212 e. The third kappa shape index (κ3) is 2.33. The second-order valence-electron chi connectivity index (χ2n) is 6.17. The highest BCUT2D eigenvalue weighted by Crippen LogP contribution is 2.59. The lowest BCUT2D eigenvalue weighted by Crippen LogP contribution is -2.27. The summed E-state index contributed by atoms with van der Waals surface area (Å²) in [5, 5.41) is 0. The second-order valence-corrected chi connectivity index (χ2v) is 7.56. The van der Waals surface area contributed by atoms with Crippen molar-refractivity contribution in [1.29, 1.82) is 0 Å². The lowest BCUT2D eigenvalue weighted by atomic mass is 9.71. The predicted molar refractivity (Wildman–Crippen MR) is 84.2 cm³/mol. The first-order chi connectivity index (χ1) is 8.37. The second kappa shape index (κ2) is 5.10. The molecule has 0 bridgehead atoms. The summed E-state index contributed by atoms with van der Waals surface area (Å²) in [6.45, 7) is 11.0. The molecular weight excluding hydrogens is 338 g/mol. The van der Waals surface area contributed by atoms with Gasteiger partial charge in [0.15, 0.2) is 0 Å². The first kappa shape index (κ1) is 14.3. The molecule has 2 rings (SSSR count). The van der Waals surface area contributed by atoms with Crippen LogP contribution in [0.5, 0.6) is 0 Å². The van der Waals surface area contributed by atoms with Gasteiger partial charge in [-0.3, -0.25) is 0 Å². The summed E-state index contributed by atoms with van der Waals surface area (Å²) < 4.78 is 15.0. The highest BCUT2D eigenvalue weighted by atomic mass is 127. The van der Waals surface area contributed by atoms with Crippen LogP contribution in [0.25, 0.3) is 0 Å². The van der Waals surface area contributed by atoms with Crippen molar-refractivity contribution in [3.05, 3.63) is 33.7 Å². The normalized spacial score (nSPS) is 35.4. The number of fused-ring (bicyclic) bond motifs is 1. The van der Waals surface area contributed by atoms with E-state index in [4.69, 9.17) is 0 Å². The Labute approximate surface area is 124 Å². The van der Waals surface area contributed by atoms with E-state index in [9.17, 15) is 4.39 Å². The lowest BCUT2D eigenvalue weighted by Gasteiger charge is -2.33. The lowest BCUT2D eigenvalue weighted by molar-refractivity contribution is 0.197. The van der Waals surface area contributed by atoms with Gasteiger partial charge in [-0.15, -0.1) is 0 Å². The maximum Gasteiger partial charge on any atom is 0.0963 e. The molecule has 2 aliphatic rings. The SMILES string of the molecule is C=C1C2CCC(F)=CC2C(C)(C)C1C/C(I)=C\C. The monoisotopic (exact) mass is 360 g/mol. The molecular formula is C16H22FI. The first-order valence-electron chi connectivity index (χ1n) is 6.73. The molecule has 3 unspecified atom stereocenters. The van der Waals surface area contributed by atoms with Crippen molar-refractivity contribution in [2.75, 3.05) is 0 Å². The molecule has 0 aromatic heterocycles. The molecule has 0 aromatic carbocycles. The zero-order valence-electron chi connectivity index (χ0n) is 11.5. The molecule has 0 radical (unpaired) electrons. The van der Waals surface area contributed by atoms with Crippen LogP contribution in [0.3, 0.4) is 0 Å². The number of rotatable bonds is 2. The predicted octanol–water partition coefficient (Wildman–Crippen LogP) is 5.81. The van der Waals surface area contributed by atoms with Gasteiger partial charge in [-0.25, -0.2) is 4.39 Å². The maximum atomic E-state index is 13.6. The van der Waals surface area contributed by atoms with E-state index >= 15 is 0 Å². The quantitative estimate of drug-likeness (QED) is 0.431. The Bertz CT molecular complexity index is 417. The summed E-state index contributed by atoms with van der Waals surface area (Å²) >= 11 is 2.41. The van der Waals surface area contributed by atoms with Crippen LogP contribution >= 0.6 is 22.6 Å². The van der Waals surface area contributed by atoms with E-state index in [1.54, 1.807) is 0 Å². The van der Waals surface area contributed by atoms with Crippen molar-refractivity contribution >= 4 is 22.6 Å². The number of hydrogen-bond acceptors (Lipinski definition) is 0. The summed E-state index contributed by atoms with van der Waals surface area (Å²) in [5.74, 6) is 1.40. The molecule has 100 valence electrons. The Balaban J connectivity index is 2.31. The van der Waals surface area contributed by atoms with Crippen LogP contribution in [-0.2, 0) is 0 Å². The van der Waals surface area contributed by atoms with Crippen molar-refractivity contribution in [3.8, 4) is 0 Å². The van der Waals surface area contributed by atoms with Gasteiger partial charge >= 0.3 is 0 Å². The summed E-state index contributed by atoms with van der Waals surface area (Å²) in [6, 6.07) is 0. The van der Waals surface area contributed by atoms with Crippen molar-refractivity contribution in [2.45, 2.75) is 40.0 Å². The van der Waals surface area contributed by atoms with Gasteiger partial charge in [0, 0.05) is 0 Å². The molecule has 0 N–H and O–H groups in total. The molecule has 0 saturated heterocycles. The Kier molecular flexibility index (Phi) is 4.05. The minimum atomic E-state index is 0.0819. The van der Waals surface area contributed by atoms with Crippen LogP contribution in [0.15, 0.2) is 33.7 Å². The molecule has 0 aromatic rings. The third-order valence-corrected chi connectivity index (χ3v) is 5.94. The van der Waals surface area contributed by atoms with Gasteiger partial charge in [-0.1, -0.05) is 32.1 Å². The number of halogens is 2. The van der Waals surface area contributed by atoms with Gasteiger partial charge in [0.1, 0.15) is 0 Å². The standard InChI is InChI=1S/C16H22FI/c1-5-12(18)9-14-10(2)13-7-6-11(17)8-15(13)16(14,3)4/h5,8,13-15H,2,6-7,9H2,1,3-4H3/b12-5+. The fourth-order valence-electron chi connectivity index (χ4n) is 3.69. The molecule has 3 atom stereocenters. The molecule has 0 aliphatic heterocycles. The van der Waals surface area contributed by atoms with Gasteiger partial charge in [0.2, 0.25) is 0 Å². The average Bonchev–Trinajstić information content (AvgIpc) is 2.50. The van der Waals surface area contributed by atoms with E-state index < -0.39 is 0 Å². The zero-order valence-corrected chi connectivity index (χ0v) is 13.6. The summed E-state index contributed by atoms with van der Waals surface area (Å²) in [7, 11) is 0. The van der Waals surface area contributed by atoms with Crippen LogP contribution in [-0.4, -0.2) is 0 Å². The van der Waals surface area contributed by atoms with E-state index in [2.05, 4.69) is 56.0 Å². The van der Waals surface area contributed by atoms with Gasteiger partial charge in [-0.2, -0.15) is 0 Å². The highest BCUT2D eigenvalue weighted by molar-refractivity contribution is 14.1. The number of hydrogen-bond donors (Lipinski definition) is 0. The molecule has 0 heterocycles. The van der Waals surface area contributed by atoms with Gasteiger partial charge < -0.3 is 0 Å². The third-order valence-electron chi connectivity index (χ3n) is 4.88. The van der Waals surface area contributed by atoms with E-state index in [0.717, 1.165) is 12.8 Å².